The average Bonchev–Trinajstić information content (AvgIpc) is 3.02. The van der Waals surface area contributed by atoms with Crippen LogP contribution < -0.4 is 14.4 Å². The van der Waals surface area contributed by atoms with E-state index in [1.165, 1.54) is 17.0 Å². The van der Waals surface area contributed by atoms with Crippen LogP contribution in [0.4, 0.5) is 5.69 Å². The number of carbonyl (C=O) groups excluding carboxylic acids is 2. The minimum Gasteiger partial charge on any atom is -0.494 e. The van der Waals surface area contributed by atoms with Crippen LogP contribution in [0, 0.1) is 0 Å². The van der Waals surface area contributed by atoms with E-state index < -0.39 is 28.5 Å². The fourth-order valence-corrected chi connectivity index (χ4v) is 7.29. The number of benzene rings is 3. The number of nitrogens with zero attached hydrogens (tertiary/aromatic N) is 2. The maximum atomic E-state index is 14.3. The summed E-state index contributed by atoms with van der Waals surface area (Å²) in [5.41, 5.74) is 0.955. The Kier molecular flexibility index (Phi) is 12.1. The van der Waals surface area contributed by atoms with Crippen molar-refractivity contribution in [2.45, 2.75) is 75.9 Å². The van der Waals surface area contributed by atoms with Gasteiger partial charge in [0, 0.05) is 22.1 Å². The lowest BCUT2D eigenvalue weighted by molar-refractivity contribution is -0.140. The normalized spacial score (nSPS) is 14.5. The minimum atomic E-state index is -4.18. The summed E-state index contributed by atoms with van der Waals surface area (Å²) in [7, 11) is -4.18. The second-order valence-corrected chi connectivity index (χ2v) is 14.0. The first-order valence-electron chi connectivity index (χ1n) is 15.0. The summed E-state index contributed by atoms with van der Waals surface area (Å²) in [6, 6.07) is 19.2. The van der Waals surface area contributed by atoms with E-state index in [-0.39, 0.29) is 23.4 Å². The zero-order valence-corrected chi connectivity index (χ0v) is 28.2. The second kappa shape index (κ2) is 15.8. The van der Waals surface area contributed by atoms with Gasteiger partial charge in [-0.15, -0.1) is 0 Å². The molecule has 0 aliphatic heterocycles. The molecule has 0 heterocycles. The number of halogens is 2. The summed E-state index contributed by atoms with van der Waals surface area (Å²) < 4.78 is 35.5. The largest absolute Gasteiger partial charge is 0.494 e. The number of hydrogen-bond donors (Lipinski definition) is 1. The van der Waals surface area contributed by atoms with Crippen LogP contribution in [0.5, 0.6) is 5.75 Å². The molecule has 0 unspecified atom stereocenters. The molecule has 44 heavy (non-hydrogen) atoms. The highest BCUT2D eigenvalue weighted by molar-refractivity contribution is 9.10. The minimum absolute atomic E-state index is 0.0297. The van der Waals surface area contributed by atoms with Gasteiger partial charge in [0.2, 0.25) is 11.8 Å². The van der Waals surface area contributed by atoms with Crippen molar-refractivity contribution in [1.82, 2.24) is 10.2 Å². The molecule has 1 saturated carbocycles. The quantitative estimate of drug-likeness (QED) is 0.208. The van der Waals surface area contributed by atoms with Gasteiger partial charge in [-0.05, 0) is 86.3 Å². The monoisotopic (exact) mass is 703 g/mol. The van der Waals surface area contributed by atoms with Crippen LogP contribution in [0.15, 0.2) is 82.2 Å². The van der Waals surface area contributed by atoms with Gasteiger partial charge in [-0.1, -0.05) is 71.9 Å². The van der Waals surface area contributed by atoms with E-state index >= 15 is 0 Å². The van der Waals surface area contributed by atoms with Gasteiger partial charge in [0.05, 0.1) is 17.2 Å². The number of rotatable bonds is 13. The van der Waals surface area contributed by atoms with Gasteiger partial charge in [0.25, 0.3) is 10.0 Å². The van der Waals surface area contributed by atoms with E-state index in [0.717, 1.165) is 40.9 Å². The third-order valence-corrected chi connectivity index (χ3v) is 10.4. The topological polar surface area (TPSA) is 96.0 Å². The SMILES string of the molecule is CCOc1ccc(N(CC(=O)N(Cc2ccccc2Cl)[C@H](CC)C(=O)NC2CCCCC2)S(=O)(=O)c2ccc(Br)cc2)cc1. The Balaban J connectivity index is 1.71. The maximum absolute atomic E-state index is 14.3. The molecular weight excluding hydrogens is 666 g/mol. The zero-order chi connectivity index (χ0) is 31.7. The Bertz CT molecular complexity index is 1510. The van der Waals surface area contributed by atoms with Crippen molar-refractivity contribution in [3.8, 4) is 5.75 Å². The van der Waals surface area contributed by atoms with Crippen LogP contribution in [0.2, 0.25) is 5.02 Å². The lowest BCUT2D eigenvalue weighted by Gasteiger charge is -2.34. The molecule has 1 aliphatic carbocycles. The summed E-state index contributed by atoms with van der Waals surface area (Å²) >= 11 is 9.86. The number of carbonyl (C=O) groups is 2. The predicted molar refractivity (Wildman–Crippen MR) is 177 cm³/mol. The van der Waals surface area contributed by atoms with E-state index in [9.17, 15) is 18.0 Å². The van der Waals surface area contributed by atoms with Gasteiger partial charge in [0.15, 0.2) is 0 Å². The van der Waals surface area contributed by atoms with Crippen molar-refractivity contribution in [3.63, 3.8) is 0 Å². The molecule has 8 nitrogen and oxygen atoms in total. The predicted octanol–water partition coefficient (Wildman–Crippen LogP) is 6.95. The Morgan fingerprint density at radius 2 is 1.64 bits per heavy atom. The highest BCUT2D eigenvalue weighted by Crippen LogP contribution is 2.28. The molecule has 11 heteroatoms. The molecule has 1 aliphatic rings. The van der Waals surface area contributed by atoms with Crippen molar-refractivity contribution in [1.29, 1.82) is 0 Å². The van der Waals surface area contributed by atoms with E-state index in [4.69, 9.17) is 16.3 Å². The summed E-state index contributed by atoms with van der Waals surface area (Å²) in [5, 5.41) is 3.61. The van der Waals surface area contributed by atoms with E-state index in [2.05, 4.69) is 21.2 Å². The van der Waals surface area contributed by atoms with Gasteiger partial charge in [-0.3, -0.25) is 13.9 Å². The first kappa shape index (κ1) is 33.8. The third kappa shape index (κ3) is 8.55. The molecule has 1 atom stereocenters. The molecule has 0 aromatic heterocycles. The number of sulfonamides is 1. The van der Waals surface area contributed by atoms with Gasteiger partial charge in [0.1, 0.15) is 18.3 Å². The van der Waals surface area contributed by atoms with Crippen LogP contribution in [0.1, 0.15) is 57.9 Å². The fourth-order valence-electron chi connectivity index (χ4n) is 5.41. The van der Waals surface area contributed by atoms with Gasteiger partial charge in [-0.25, -0.2) is 8.42 Å². The summed E-state index contributed by atoms with van der Waals surface area (Å²) in [6.07, 6.45) is 5.39. The number of ether oxygens (including phenoxy) is 1. The van der Waals surface area contributed by atoms with Crippen LogP contribution in [0.3, 0.4) is 0 Å². The number of anilines is 1. The lowest BCUT2D eigenvalue weighted by Crippen LogP contribution is -2.54. The number of nitrogens with one attached hydrogen (secondary N) is 1. The molecule has 3 aromatic rings. The first-order chi connectivity index (χ1) is 21.1. The first-order valence-corrected chi connectivity index (χ1v) is 17.6. The average molecular weight is 705 g/mol. The highest BCUT2D eigenvalue weighted by Gasteiger charge is 2.34. The summed E-state index contributed by atoms with van der Waals surface area (Å²) in [4.78, 5) is 29.5. The lowest BCUT2D eigenvalue weighted by atomic mass is 9.95. The Labute approximate surface area is 273 Å². The highest BCUT2D eigenvalue weighted by atomic mass is 79.9. The molecule has 4 rings (SSSR count). The van der Waals surface area contributed by atoms with E-state index in [1.54, 1.807) is 54.6 Å². The van der Waals surface area contributed by atoms with Crippen LogP contribution >= 0.6 is 27.5 Å². The van der Waals surface area contributed by atoms with Crippen molar-refractivity contribution in [2.24, 2.45) is 0 Å². The van der Waals surface area contributed by atoms with E-state index in [1.807, 2.05) is 19.9 Å². The molecule has 1 fully saturated rings. The third-order valence-electron chi connectivity index (χ3n) is 7.75. The molecule has 236 valence electrons. The maximum Gasteiger partial charge on any atom is 0.264 e. The smallest absolute Gasteiger partial charge is 0.264 e. The van der Waals surface area contributed by atoms with E-state index in [0.29, 0.717) is 35.1 Å². The second-order valence-electron chi connectivity index (χ2n) is 10.8. The zero-order valence-electron chi connectivity index (χ0n) is 25.0. The molecule has 0 radical (unpaired) electrons. The van der Waals surface area contributed by atoms with Crippen molar-refractivity contribution in [2.75, 3.05) is 17.5 Å². The van der Waals surface area contributed by atoms with Crippen LogP contribution in [0.25, 0.3) is 0 Å². The molecule has 0 bridgehead atoms. The Morgan fingerprint density at radius 1 is 0.977 bits per heavy atom. The molecule has 3 aromatic carbocycles. The molecule has 0 spiro atoms. The number of amides is 2. The standard InChI is InChI=1S/C33H39BrClN3O5S/c1-3-31(33(40)36-26-11-6-5-7-12-26)37(22-24-10-8-9-13-30(24)35)32(39)23-38(27-16-18-28(19-17-27)43-4-2)44(41,42)29-20-14-25(34)15-21-29/h8-10,13-21,26,31H,3-7,11-12,22-23H2,1-2H3,(H,36,40)/t31-/m1/s1. The van der Waals surface area contributed by atoms with Crippen LogP contribution in [-0.4, -0.2) is 50.4 Å². The Morgan fingerprint density at radius 3 is 2.25 bits per heavy atom. The number of hydrogen-bond acceptors (Lipinski definition) is 5. The van der Waals surface area contributed by atoms with Crippen LogP contribution in [-0.2, 0) is 26.2 Å². The molecular formula is C33H39BrClN3O5S. The van der Waals surface area contributed by atoms with Crippen molar-refractivity contribution >= 4 is 55.1 Å². The summed E-state index contributed by atoms with van der Waals surface area (Å²) in [5.74, 6) is -0.192. The van der Waals surface area contributed by atoms with Gasteiger partial charge >= 0.3 is 0 Å². The molecule has 1 N–H and O–H groups in total. The molecule has 2 amide bonds. The summed E-state index contributed by atoms with van der Waals surface area (Å²) in [6.45, 7) is 3.69. The van der Waals surface area contributed by atoms with Crippen molar-refractivity contribution < 1.29 is 22.7 Å². The molecule has 0 saturated heterocycles. The Hall–Kier alpha value is -3.08. The van der Waals surface area contributed by atoms with Gasteiger partial charge in [-0.2, -0.15) is 0 Å². The fraction of sp³-hybridized carbons (Fsp3) is 0.394. The van der Waals surface area contributed by atoms with Gasteiger partial charge < -0.3 is 15.0 Å². The van der Waals surface area contributed by atoms with Crippen molar-refractivity contribution in [3.05, 3.63) is 87.9 Å².